The fraction of sp³-hybridized carbons (Fsp3) is 0.706. The topological polar surface area (TPSA) is 380 Å². The number of aliphatic carboxylic acids is 1. The van der Waals surface area contributed by atoms with Gasteiger partial charge in [0.05, 0.1) is 25.2 Å². The molecule has 0 heterocycles. The van der Waals surface area contributed by atoms with Crippen molar-refractivity contribution >= 4 is 59.1 Å². The van der Waals surface area contributed by atoms with E-state index in [1.165, 1.54) is 20.8 Å². The fourth-order valence-electron chi connectivity index (χ4n) is 4.78. The van der Waals surface area contributed by atoms with Crippen LogP contribution >= 0.6 is 0 Å². The molecule has 15 N–H and O–H groups in total. The maximum Gasteiger partial charge on any atom is 0.326 e. The van der Waals surface area contributed by atoms with E-state index in [2.05, 4.69) is 42.5 Å². The Labute approximate surface area is 330 Å². The molecular formula is C34H60N10O13. The summed E-state index contributed by atoms with van der Waals surface area (Å²) in [6.07, 6.45) is -2.27. The van der Waals surface area contributed by atoms with Gasteiger partial charge < -0.3 is 69.3 Å². The quantitative estimate of drug-likeness (QED) is 0.0432. The number of carboxylic acid groups (broad SMARTS) is 1. The molecule has 0 aliphatic carbocycles. The third-order valence-electron chi connectivity index (χ3n) is 8.15. The first-order valence-electron chi connectivity index (χ1n) is 18.2. The van der Waals surface area contributed by atoms with Crippen LogP contribution in [0.4, 0.5) is 0 Å². The van der Waals surface area contributed by atoms with Crippen LogP contribution in [0.25, 0.3) is 0 Å². The van der Waals surface area contributed by atoms with E-state index < -0.39 is 133 Å². The van der Waals surface area contributed by atoms with Gasteiger partial charge in [-0.1, -0.05) is 27.7 Å². The van der Waals surface area contributed by atoms with Crippen LogP contribution in [0.2, 0.25) is 0 Å². The van der Waals surface area contributed by atoms with Gasteiger partial charge in [0, 0.05) is 0 Å². The van der Waals surface area contributed by atoms with Crippen molar-refractivity contribution in [3.8, 4) is 0 Å². The maximum atomic E-state index is 13.1. The van der Waals surface area contributed by atoms with Crippen molar-refractivity contribution < 1.29 is 63.3 Å². The molecule has 0 rings (SSSR count). The lowest BCUT2D eigenvalue weighted by Crippen LogP contribution is -2.62. The fourth-order valence-corrected chi connectivity index (χ4v) is 4.78. The SMILES string of the molecule is CC(C)C[C@H](NC(=O)[C@H](CC(N)=O)NC(=O)[C@H](C)NC(=O)[C@H](CO)NC(=O)[C@@H](NC(=O)[C@H](C)NC(=O)[C@H](C)NC(=O)[C@@H](NC(=O)[C@H](C)N)C(C)C)[C@@H](C)O)C(=O)O. The van der Waals surface area contributed by atoms with Crippen molar-refractivity contribution in [3.05, 3.63) is 0 Å². The average Bonchev–Trinajstić information content (AvgIpc) is 3.09. The van der Waals surface area contributed by atoms with Gasteiger partial charge in [-0.15, -0.1) is 0 Å². The Kier molecular flexibility index (Phi) is 22.0. The molecular weight excluding hydrogens is 756 g/mol. The molecule has 0 aromatic heterocycles. The zero-order valence-electron chi connectivity index (χ0n) is 33.6. The Morgan fingerprint density at radius 2 is 0.895 bits per heavy atom. The molecule has 0 saturated heterocycles. The molecule has 0 aliphatic heterocycles. The van der Waals surface area contributed by atoms with E-state index in [0.717, 1.165) is 13.8 Å². The number of carboxylic acids is 1. The molecule has 0 radical (unpaired) electrons. The Morgan fingerprint density at radius 3 is 1.32 bits per heavy atom. The lowest BCUT2D eigenvalue weighted by Gasteiger charge is -2.27. The largest absolute Gasteiger partial charge is 0.480 e. The number of primary amides is 1. The molecule has 23 heteroatoms. The number of amides is 9. The van der Waals surface area contributed by atoms with Crippen LogP contribution in [0, 0.1) is 11.8 Å². The van der Waals surface area contributed by atoms with Crippen molar-refractivity contribution in [1.82, 2.24) is 42.5 Å². The molecule has 0 aliphatic rings. The van der Waals surface area contributed by atoms with E-state index >= 15 is 0 Å². The molecule has 0 aromatic rings. The molecule has 9 amide bonds. The summed E-state index contributed by atoms with van der Waals surface area (Å²) in [5, 5.41) is 47.8. The highest BCUT2D eigenvalue weighted by atomic mass is 16.4. The molecule has 0 saturated carbocycles. The van der Waals surface area contributed by atoms with Gasteiger partial charge in [0.2, 0.25) is 53.2 Å². The summed E-state index contributed by atoms with van der Waals surface area (Å²) in [4.78, 5) is 126. The van der Waals surface area contributed by atoms with E-state index in [9.17, 15) is 63.3 Å². The molecule has 0 bridgehead atoms. The van der Waals surface area contributed by atoms with Crippen molar-refractivity contribution in [2.75, 3.05) is 6.61 Å². The Bertz CT molecular complexity index is 1470. The molecule has 324 valence electrons. The summed E-state index contributed by atoms with van der Waals surface area (Å²) in [6, 6.07) is -12.4. The number of hydrogen-bond donors (Lipinski definition) is 13. The minimum Gasteiger partial charge on any atom is -0.480 e. The predicted octanol–water partition coefficient (Wildman–Crippen LogP) is -5.69. The smallest absolute Gasteiger partial charge is 0.326 e. The number of carbonyl (C=O) groups excluding carboxylic acids is 9. The van der Waals surface area contributed by atoms with E-state index in [1.54, 1.807) is 27.7 Å². The minimum absolute atomic E-state index is 0.0350. The van der Waals surface area contributed by atoms with Crippen molar-refractivity contribution in [2.24, 2.45) is 23.3 Å². The molecule has 0 aromatic carbocycles. The highest BCUT2D eigenvalue weighted by molar-refractivity contribution is 5.98. The number of aliphatic hydroxyl groups is 2. The van der Waals surface area contributed by atoms with Gasteiger partial charge in [0.1, 0.15) is 48.3 Å². The van der Waals surface area contributed by atoms with Gasteiger partial charge in [-0.3, -0.25) is 43.2 Å². The normalized spacial score (nSPS) is 16.4. The standard InChI is InChI=1S/C34H60N10O13/c1-13(2)10-21(34(56)57)41-30(52)20(11-23(36)47)40-28(50)17(7)38-31(53)22(12-45)42-33(55)25(19(9)46)44-29(51)18(8)37-27(49)16(6)39-32(54)24(14(3)4)43-26(48)15(5)35/h13-22,24-25,45-46H,10-12,35H2,1-9H3,(H2,36,47)(H,37,49)(H,38,53)(H,39,54)(H,40,50)(H,41,52)(H,42,55)(H,43,48)(H,44,51)(H,56,57)/t15-,16-,17-,18-,19+,20-,21-,22-,24-,25-/m0/s1. The third kappa shape index (κ3) is 18.4. The molecule has 0 unspecified atom stereocenters. The Hall–Kier alpha value is -5.42. The number of carbonyl (C=O) groups is 10. The van der Waals surface area contributed by atoms with Crippen LogP contribution in [0.3, 0.4) is 0 Å². The molecule has 23 nitrogen and oxygen atoms in total. The van der Waals surface area contributed by atoms with Gasteiger partial charge in [-0.2, -0.15) is 0 Å². The van der Waals surface area contributed by atoms with E-state index in [1.807, 2.05) is 0 Å². The summed E-state index contributed by atoms with van der Waals surface area (Å²) in [5.41, 5.74) is 10.8. The lowest BCUT2D eigenvalue weighted by molar-refractivity contribution is -0.143. The highest BCUT2D eigenvalue weighted by Crippen LogP contribution is 2.07. The van der Waals surface area contributed by atoms with Crippen molar-refractivity contribution in [2.45, 2.75) is 136 Å². The maximum absolute atomic E-state index is 13.1. The van der Waals surface area contributed by atoms with E-state index in [0.29, 0.717) is 0 Å². The van der Waals surface area contributed by atoms with Crippen LogP contribution in [-0.2, 0) is 47.9 Å². The van der Waals surface area contributed by atoms with Crippen LogP contribution < -0.4 is 54.0 Å². The summed E-state index contributed by atoms with van der Waals surface area (Å²) in [5.74, 6) is -10.3. The van der Waals surface area contributed by atoms with Crippen LogP contribution in [0.1, 0.15) is 75.2 Å². The summed E-state index contributed by atoms with van der Waals surface area (Å²) in [7, 11) is 0. The summed E-state index contributed by atoms with van der Waals surface area (Å²) < 4.78 is 0. The van der Waals surface area contributed by atoms with Crippen molar-refractivity contribution in [3.63, 3.8) is 0 Å². The molecule has 0 fully saturated rings. The lowest BCUT2D eigenvalue weighted by atomic mass is 10.0. The van der Waals surface area contributed by atoms with Gasteiger partial charge in [-0.25, -0.2) is 4.79 Å². The summed E-state index contributed by atoms with van der Waals surface area (Å²) in [6.45, 7) is 12.0. The van der Waals surface area contributed by atoms with E-state index in [-0.39, 0.29) is 18.3 Å². The number of aliphatic hydroxyl groups excluding tert-OH is 2. The zero-order chi connectivity index (χ0) is 44.5. The first-order chi connectivity index (χ1) is 26.2. The third-order valence-corrected chi connectivity index (χ3v) is 8.15. The predicted molar refractivity (Wildman–Crippen MR) is 201 cm³/mol. The second-order valence-electron chi connectivity index (χ2n) is 14.4. The number of hydrogen-bond acceptors (Lipinski definition) is 13. The molecule has 57 heavy (non-hydrogen) atoms. The Balaban J connectivity index is 5.55. The van der Waals surface area contributed by atoms with Gasteiger partial charge in [-0.05, 0) is 52.9 Å². The first kappa shape index (κ1) is 51.6. The zero-order valence-corrected chi connectivity index (χ0v) is 33.6. The van der Waals surface area contributed by atoms with Crippen molar-refractivity contribution in [1.29, 1.82) is 0 Å². The minimum atomic E-state index is -1.75. The molecule has 10 atom stereocenters. The van der Waals surface area contributed by atoms with Crippen LogP contribution in [0.15, 0.2) is 0 Å². The van der Waals surface area contributed by atoms with Gasteiger partial charge in [0.15, 0.2) is 0 Å². The van der Waals surface area contributed by atoms with Crippen LogP contribution in [0.5, 0.6) is 0 Å². The van der Waals surface area contributed by atoms with Crippen LogP contribution in [-0.4, -0.2) is 142 Å². The number of rotatable bonds is 24. The molecule has 0 spiro atoms. The van der Waals surface area contributed by atoms with Gasteiger partial charge >= 0.3 is 5.97 Å². The monoisotopic (exact) mass is 816 g/mol. The van der Waals surface area contributed by atoms with E-state index in [4.69, 9.17) is 11.5 Å². The number of nitrogens with two attached hydrogens (primary N) is 2. The first-order valence-corrected chi connectivity index (χ1v) is 18.2. The second kappa shape index (κ2) is 24.3. The Morgan fingerprint density at radius 1 is 0.509 bits per heavy atom. The number of nitrogens with one attached hydrogen (secondary N) is 8. The summed E-state index contributed by atoms with van der Waals surface area (Å²) >= 11 is 0. The van der Waals surface area contributed by atoms with Gasteiger partial charge in [0.25, 0.3) is 0 Å². The highest BCUT2D eigenvalue weighted by Gasteiger charge is 2.34. The second-order valence-corrected chi connectivity index (χ2v) is 14.4. The average molecular weight is 817 g/mol.